The predicted molar refractivity (Wildman–Crippen MR) is 71.6 cm³/mol. The van der Waals surface area contributed by atoms with Crippen LogP contribution in [0.15, 0.2) is 18.3 Å². The molecule has 2 heterocycles. The average Bonchev–Trinajstić information content (AvgIpc) is 2.85. The van der Waals surface area contributed by atoms with Crippen molar-refractivity contribution in [3.8, 4) is 10.6 Å². The largest absolute Gasteiger partial charge is 0.341 e. The molecule has 3 nitrogen and oxygen atoms in total. The predicted octanol–water partition coefficient (Wildman–Crippen LogP) is 3.09. The van der Waals surface area contributed by atoms with E-state index in [9.17, 15) is 0 Å². The van der Waals surface area contributed by atoms with Gasteiger partial charge in [-0.05, 0) is 25.0 Å². The van der Waals surface area contributed by atoms with Crippen molar-refractivity contribution in [3.63, 3.8) is 0 Å². The number of nitrogens with one attached hydrogen (secondary N) is 2. The lowest BCUT2D eigenvalue weighted by Crippen LogP contribution is -2.19. The van der Waals surface area contributed by atoms with E-state index in [0.29, 0.717) is 0 Å². The summed E-state index contributed by atoms with van der Waals surface area (Å²) >= 11 is 7.49. The second-order valence-corrected chi connectivity index (χ2v) is 6.04. The highest BCUT2D eigenvalue weighted by Gasteiger charge is 2.19. The number of hydrogen-bond donors (Lipinski definition) is 2. The van der Waals surface area contributed by atoms with Crippen LogP contribution < -0.4 is 5.32 Å². The third-order valence-electron chi connectivity index (χ3n) is 2.84. The first-order valence-corrected chi connectivity index (χ1v) is 7.04. The number of rotatable bonds is 5. The van der Waals surface area contributed by atoms with E-state index in [1.165, 1.54) is 12.8 Å². The molecule has 3 rings (SSSR count). The van der Waals surface area contributed by atoms with E-state index in [1.807, 2.05) is 18.3 Å². The first-order valence-electron chi connectivity index (χ1n) is 5.84. The Kier molecular flexibility index (Phi) is 3.18. The van der Waals surface area contributed by atoms with E-state index >= 15 is 0 Å². The van der Waals surface area contributed by atoms with Crippen LogP contribution in [0.1, 0.15) is 18.7 Å². The number of imidazole rings is 1. The molecular weight excluding hydrogens is 254 g/mol. The molecule has 2 aromatic rings. The average molecular weight is 268 g/mol. The zero-order valence-electron chi connectivity index (χ0n) is 9.37. The van der Waals surface area contributed by atoms with Crippen molar-refractivity contribution in [2.24, 2.45) is 0 Å². The molecule has 0 atom stereocenters. The summed E-state index contributed by atoms with van der Waals surface area (Å²) in [6.45, 7) is 1.00. The van der Waals surface area contributed by atoms with Crippen LogP contribution in [0.25, 0.3) is 10.6 Å². The zero-order valence-corrected chi connectivity index (χ0v) is 10.9. The fourth-order valence-corrected chi connectivity index (χ4v) is 2.76. The molecular formula is C12H14ClN3S. The summed E-state index contributed by atoms with van der Waals surface area (Å²) in [5.41, 5.74) is 1.06. The molecule has 1 aliphatic rings. The van der Waals surface area contributed by atoms with Crippen molar-refractivity contribution in [2.75, 3.05) is 6.54 Å². The van der Waals surface area contributed by atoms with Gasteiger partial charge in [0.25, 0.3) is 0 Å². The third-order valence-corrected chi connectivity index (χ3v) is 4.10. The molecule has 17 heavy (non-hydrogen) atoms. The van der Waals surface area contributed by atoms with Gasteiger partial charge in [0.2, 0.25) is 0 Å². The van der Waals surface area contributed by atoms with Crippen LogP contribution in [0, 0.1) is 0 Å². The van der Waals surface area contributed by atoms with Gasteiger partial charge >= 0.3 is 0 Å². The highest BCUT2D eigenvalue weighted by Crippen LogP contribution is 2.29. The van der Waals surface area contributed by atoms with Gasteiger partial charge in [-0.15, -0.1) is 11.3 Å². The van der Waals surface area contributed by atoms with Gasteiger partial charge in [0.05, 0.1) is 21.1 Å². The monoisotopic (exact) mass is 267 g/mol. The second kappa shape index (κ2) is 4.80. The molecule has 1 aliphatic carbocycles. The topological polar surface area (TPSA) is 40.7 Å². The highest BCUT2D eigenvalue weighted by molar-refractivity contribution is 7.19. The van der Waals surface area contributed by atoms with Crippen molar-refractivity contribution in [1.29, 1.82) is 0 Å². The summed E-state index contributed by atoms with van der Waals surface area (Å²) in [4.78, 5) is 8.87. The number of H-pyrrole nitrogens is 1. The molecule has 1 saturated carbocycles. The van der Waals surface area contributed by atoms with Gasteiger partial charge in [-0.1, -0.05) is 11.6 Å². The van der Waals surface area contributed by atoms with Gasteiger partial charge in [-0.25, -0.2) is 4.98 Å². The van der Waals surface area contributed by atoms with Crippen molar-refractivity contribution < 1.29 is 0 Å². The number of nitrogens with zero attached hydrogens (tertiary/aromatic N) is 1. The first kappa shape index (κ1) is 11.3. The fourth-order valence-electron chi connectivity index (χ4n) is 1.76. The maximum atomic E-state index is 5.92. The fraction of sp³-hybridized carbons (Fsp3) is 0.417. The van der Waals surface area contributed by atoms with Crippen LogP contribution >= 0.6 is 22.9 Å². The molecule has 0 radical (unpaired) electrons. The van der Waals surface area contributed by atoms with Gasteiger partial charge < -0.3 is 10.3 Å². The zero-order chi connectivity index (χ0) is 11.7. The molecule has 0 bridgehead atoms. The van der Waals surface area contributed by atoms with Gasteiger partial charge in [0, 0.05) is 19.0 Å². The van der Waals surface area contributed by atoms with Crippen LogP contribution in [0.4, 0.5) is 0 Å². The van der Waals surface area contributed by atoms with Crippen molar-refractivity contribution in [2.45, 2.75) is 25.3 Å². The molecule has 0 aliphatic heterocycles. The molecule has 0 amide bonds. The van der Waals surface area contributed by atoms with E-state index in [2.05, 4.69) is 15.3 Å². The summed E-state index contributed by atoms with van der Waals surface area (Å²) in [7, 11) is 0. The molecule has 0 saturated heterocycles. The Morgan fingerprint density at radius 1 is 1.47 bits per heavy atom. The van der Waals surface area contributed by atoms with Crippen LogP contribution in [0.2, 0.25) is 4.34 Å². The van der Waals surface area contributed by atoms with Gasteiger partial charge in [-0.2, -0.15) is 0 Å². The van der Waals surface area contributed by atoms with E-state index in [4.69, 9.17) is 11.6 Å². The number of aromatic nitrogens is 2. The Balaban J connectivity index is 1.61. The Bertz CT molecular complexity index is 501. The Hall–Kier alpha value is -0.840. The lowest BCUT2D eigenvalue weighted by atomic mass is 10.4. The molecule has 5 heteroatoms. The molecule has 2 aromatic heterocycles. The van der Waals surface area contributed by atoms with Gasteiger partial charge in [-0.3, -0.25) is 0 Å². The maximum Gasteiger partial charge on any atom is 0.107 e. The molecule has 0 spiro atoms. The Morgan fingerprint density at radius 3 is 3.06 bits per heavy atom. The van der Waals surface area contributed by atoms with E-state index < -0.39 is 0 Å². The smallest absolute Gasteiger partial charge is 0.107 e. The number of thiophene rings is 1. The third kappa shape index (κ3) is 2.89. The van der Waals surface area contributed by atoms with Crippen LogP contribution in [-0.2, 0) is 6.42 Å². The number of halogens is 1. The summed E-state index contributed by atoms with van der Waals surface area (Å²) in [5, 5.41) is 3.48. The minimum Gasteiger partial charge on any atom is -0.341 e. The summed E-state index contributed by atoms with van der Waals surface area (Å²) in [6, 6.07) is 4.70. The quantitative estimate of drug-likeness (QED) is 0.874. The minimum absolute atomic E-state index is 0.764. The standard InChI is InChI=1S/C12H14ClN3S/c13-11-4-3-10(17-11)9-7-15-12(16-9)5-6-14-8-1-2-8/h3-4,7-8,14H,1-2,5-6H2,(H,15,16). The van der Waals surface area contributed by atoms with Gasteiger partial charge in [0.1, 0.15) is 5.82 Å². The maximum absolute atomic E-state index is 5.92. The molecule has 0 unspecified atom stereocenters. The molecule has 2 N–H and O–H groups in total. The van der Waals surface area contributed by atoms with Crippen molar-refractivity contribution in [1.82, 2.24) is 15.3 Å². The summed E-state index contributed by atoms with van der Waals surface area (Å²) in [5.74, 6) is 1.04. The Labute approximate surface area is 109 Å². The van der Waals surface area contributed by atoms with E-state index in [-0.39, 0.29) is 0 Å². The number of aromatic amines is 1. The van der Waals surface area contributed by atoms with Crippen molar-refractivity contribution in [3.05, 3.63) is 28.5 Å². The lowest BCUT2D eigenvalue weighted by molar-refractivity contribution is 0.669. The summed E-state index contributed by atoms with van der Waals surface area (Å²) in [6.07, 6.45) is 5.50. The van der Waals surface area contributed by atoms with Crippen molar-refractivity contribution >= 4 is 22.9 Å². The van der Waals surface area contributed by atoms with E-state index in [0.717, 1.165) is 39.7 Å². The van der Waals surface area contributed by atoms with Crippen LogP contribution in [0.5, 0.6) is 0 Å². The minimum atomic E-state index is 0.764. The molecule has 0 aromatic carbocycles. The highest BCUT2D eigenvalue weighted by atomic mass is 35.5. The first-order chi connectivity index (χ1) is 8.31. The van der Waals surface area contributed by atoms with Crippen LogP contribution in [-0.4, -0.2) is 22.6 Å². The second-order valence-electron chi connectivity index (χ2n) is 4.33. The van der Waals surface area contributed by atoms with E-state index in [1.54, 1.807) is 11.3 Å². The Morgan fingerprint density at radius 2 is 2.35 bits per heavy atom. The summed E-state index contributed by atoms with van der Waals surface area (Å²) < 4.78 is 0.812. The van der Waals surface area contributed by atoms with Gasteiger partial charge in [0.15, 0.2) is 0 Å². The lowest BCUT2D eigenvalue weighted by Gasteiger charge is -1.99. The molecule has 90 valence electrons. The molecule has 1 fully saturated rings. The van der Waals surface area contributed by atoms with Crippen LogP contribution in [0.3, 0.4) is 0 Å². The number of hydrogen-bond acceptors (Lipinski definition) is 3. The SMILES string of the molecule is Clc1ccc(-c2cnc(CCNC3CC3)[nH]2)s1. The normalized spacial score (nSPS) is 15.4.